The third-order valence-corrected chi connectivity index (χ3v) is 6.96. The van der Waals surface area contributed by atoms with Crippen LogP contribution in [-0.2, 0) is 19.6 Å². The molecule has 1 amide bonds. The Labute approximate surface area is 162 Å². The van der Waals surface area contributed by atoms with Crippen molar-refractivity contribution in [2.24, 2.45) is 0 Å². The maximum Gasteiger partial charge on any atom is 0.338 e. The van der Waals surface area contributed by atoms with Crippen molar-refractivity contribution in [1.29, 1.82) is 0 Å². The van der Waals surface area contributed by atoms with Crippen molar-refractivity contribution in [2.75, 3.05) is 11.3 Å². The molecule has 0 saturated heterocycles. The number of anilines is 1. The fraction of sp³-hybridized carbons (Fsp3) is 0.250. The fourth-order valence-electron chi connectivity index (χ4n) is 2.03. The molecule has 1 saturated carbocycles. The van der Waals surface area contributed by atoms with Crippen LogP contribution in [0.2, 0.25) is 0 Å². The van der Waals surface area contributed by atoms with Gasteiger partial charge in [-0.15, -0.1) is 11.3 Å². The molecule has 2 aromatic rings. The van der Waals surface area contributed by atoms with Gasteiger partial charge in [0.15, 0.2) is 6.61 Å². The van der Waals surface area contributed by atoms with Crippen LogP contribution in [0.4, 0.5) is 5.69 Å². The van der Waals surface area contributed by atoms with Gasteiger partial charge >= 0.3 is 5.97 Å². The maximum atomic E-state index is 12.2. The quantitative estimate of drug-likeness (QED) is 0.621. The van der Waals surface area contributed by atoms with E-state index in [1.165, 1.54) is 30.3 Å². The molecule has 0 unspecified atom stereocenters. The molecule has 3 rings (SSSR count). The van der Waals surface area contributed by atoms with Crippen LogP contribution < -0.4 is 10.0 Å². The number of benzene rings is 1. The first-order valence-electron chi connectivity index (χ1n) is 7.68. The maximum absolute atomic E-state index is 12.2. The minimum atomic E-state index is -3.68. The van der Waals surface area contributed by atoms with Crippen LogP contribution in [-0.4, -0.2) is 32.9 Å². The Hall–Kier alpha value is -1.91. The summed E-state index contributed by atoms with van der Waals surface area (Å²) in [6.45, 7) is -0.336. The van der Waals surface area contributed by atoms with E-state index in [1.807, 2.05) is 0 Å². The lowest BCUT2D eigenvalue weighted by Gasteiger charge is -2.08. The predicted octanol–water partition coefficient (Wildman–Crippen LogP) is 2.75. The SMILES string of the molecule is O=C(COC(=O)c1ccc(NS(=O)(=O)c2ccc(Br)s2)cc1)NC1CC1. The molecule has 1 heterocycles. The second-order valence-electron chi connectivity index (χ2n) is 5.66. The Balaban J connectivity index is 1.57. The number of ether oxygens (including phenoxy) is 1. The van der Waals surface area contributed by atoms with E-state index < -0.39 is 16.0 Å². The second kappa shape index (κ2) is 7.77. The molecule has 1 aromatic heterocycles. The van der Waals surface area contributed by atoms with Crippen molar-refractivity contribution in [2.45, 2.75) is 23.1 Å². The largest absolute Gasteiger partial charge is 0.452 e. The van der Waals surface area contributed by atoms with E-state index in [9.17, 15) is 18.0 Å². The molecule has 7 nitrogen and oxygen atoms in total. The zero-order valence-corrected chi connectivity index (χ0v) is 16.6. The Kier molecular flexibility index (Phi) is 5.64. The molecule has 138 valence electrons. The highest BCUT2D eigenvalue weighted by atomic mass is 79.9. The molecule has 1 aliphatic rings. The van der Waals surface area contributed by atoms with Gasteiger partial charge in [0.2, 0.25) is 0 Å². The number of hydrogen-bond donors (Lipinski definition) is 2. The van der Waals surface area contributed by atoms with Crippen molar-refractivity contribution >= 4 is 54.9 Å². The number of sulfonamides is 1. The first-order chi connectivity index (χ1) is 12.3. The van der Waals surface area contributed by atoms with Gasteiger partial charge in [0.1, 0.15) is 4.21 Å². The molecule has 0 aliphatic heterocycles. The molecule has 0 atom stereocenters. The average molecular weight is 459 g/mol. The molecule has 1 aromatic carbocycles. The normalized spacial score (nSPS) is 13.9. The monoisotopic (exact) mass is 458 g/mol. The summed E-state index contributed by atoms with van der Waals surface area (Å²) in [4.78, 5) is 23.4. The van der Waals surface area contributed by atoms with Gasteiger partial charge in [-0.05, 0) is 65.2 Å². The zero-order valence-electron chi connectivity index (χ0n) is 13.4. The summed E-state index contributed by atoms with van der Waals surface area (Å²) in [7, 11) is -3.68. The lowest BCUT2D eigenvalue weighted by Crippen LogP contribution is -2.30. The van der Waals surface area contributed by atoms with Crippen LogP contribution in [0.3, 0.4) is 0 Å². The van der Waals surface area contributed by atoms with Crippen LogP contribution in [0, 0.1) is 0 Å². The molecule has 0 radical (unpaired) electrons. The van der Waals surface area contributed by atoms with Crippen molar-refractivity contribution in [3.63, 3.8) is 0 Å². The number of esters is 1. The second-order valence-corrected chi connectivity index (χ2v) is 10.0. The lowest BCUT2D eigenvalue weighted by atomic mass is 10.2. The van der Waals surface area contributed by atoms with Crippen molar-refractivity contribution in [1.82, 2.24) is 5.32 Å². The standard InChI is InChI=1S/C16H15BrN2O5S2/c17-13-7-8-15(25-13)26(22,23)19-12-3-1-10(2-4-12)16(21)24-9-14(20)18-11-5-6-11/h1-4,7-8,11,19H,5-6,9H2,(H,18,20). The summed E-state index contributed by atoms with van der Waals surface area (Å²) in [6, 6.07) is 9.14. The summed E-state index contributed by atoms with van der Waals surface area (Å²) in [5, 5.41) is 2.72. The number of carbonyl (C=O) groups is 2. The summed E-state index contributed by atoms with van der Waals surface area (Å²) in [5.74, 6) is -0.972. The van der Waals surface area contributed by atoms with Crippen LogP contribution in [0.25, 0.3) is 0 Å². The van der Waals surface area contributed by atoms with Gasteiger partial charge in [0, 0.05) is 11.7 Å². The summed E-state index contributed by atoms with van der Waals surface area (Å²) >= 11 is 4.32. The topological polar surface area (TPSA) is 102 Å². The highest BCUT2D eigenvalue weighted by molar-refractivity contribution is 9.11. The number of nitrogens with one attached hydrogen (secondary N) is 2. The van der Waals surface area contributed by atoms with Gasteiger partial charge in [-0.2, -0.15) is 0 Å². The Morgan fingerprint density at radius 2 is 1.85 bits per heavy atom. The van der Waals surface area contributed by atoms with E-state index >= 15 is 0 Å². The Morgan fingerprint density at radius 3 is 2.42 bits per heavy atom. The minimum absolute atomic E-state index is 0.175. The van der Waals surface area contributed by atoms with Gasteiger partial charge in [-0.3, -0.25) is 9.52 Å². The van der Waals surface area contributed by atoms with E-state index in [0.717, 1.165) is 24.2 Å². The molecule has 26 heavy (non-hydrogen) atoms. The fourth-order valence-corrected chi connectivity index (χ4v) is 5.10. The first kappa shape index (κ1) is 18.9. The molecule has 0 spiro atoms. The van der Waals surface area contributed by atoms with Crippen LogP contribution in [0.15, 0.2) is 44.4 Å². The number of thiophene rings is 1. The third kappa shape index (κ3) is 5.05. The Bertz CT molecular complexity index is 920. The van der Waals surface area contributed by atoms with E-state index in [0.29, 0.717) is 9.47 Å². The van der Waals surface area contributed by atoms with E-state index in [2.05, 4.69) is 26.0 Å². The number of carbonyl (C=O) groups excluding carboxylic acids is 2. The molecule has 1 fully saturated rings. The predicted molar refractivity (Wildman–Crippen MR) is 101 cm³/mol. The van der Waals surface area contributed by atoms with Gasteiger partial charge in [-0.1, -0.05) is 0 Å². The van der Waals surface area contributed by atoms with Crippen LogP contribution >= 0.6 is 27.3 Å². The van der Waals surface area contributed by atoms with Gasteiger partial charge < -0.3 is 10.1 Å². The van der Waals surface area contributed by atoms with E-state index in [1.54, 1.807) is 6.07 Å². The lowest BCUT2D eigenvalue weighted by molar-refractivity contribution is -0.124. The molecule has 0 bridgehead atoms. The van der Waals surface area contributed by atoms with Gasteiger partial charge in [-0.25, -0.2) is 13.2 Å². The average Bonchev–Trinajstić information content (AvgIpc) is 3.29. The molecule has 1 aliphatic carbocycles. The van der Waals surface area contributed by atoms with Crippen molar-refractivity contribution < 1.29 is 22.7 Å². The summed E-state index contributed by atoms with van der Waals surface area (Å²) < 4.78 is 32.8. The first-order valence-corrected chi connectivity index (χ1v) is 10.8. The minimum Gasteiger partial charge on any atom is -0.452 e. The highest BCUT2D eigenvalue weighted by Gasteiger charge is 2.23. The van der Waals surface area contributed by atoms with Gasteiger partial charge in [0.05, 0.1) is 9.35 Å². The summed E-state index contributed by atoms with van der Waals surface area (Å²) in [6.07, 6.45) is 1.92. The molecule has 2 N–H and O–H groups in total. The number of halogens is 1. The van der Waals surface area contributed by atoms with E-state index in [4.69, 9.17) is 4.74 Å². The smallest absolute Gasteiger partial charge is 0.338 e. The third-order valence-electron chi connectivity index (χ3n) is 3.46. The molecular formula is C16H15BrN2O5S2. The highest BCUT2D eigenvalue weighted by Crippen LogP contribution is 2.27. The molecular weight excluding hydrogens is 444 g/mol. The van der Waals surface area contributed by atoms with Crippen LogP contribution in [0.5, 0.6) is 0 Å². The Morgan fingerprint density at radius 1 is 1.15 bits per heavy atom. The van der Waals surface area contributed by atoms with Crippen molar-refractivity contribution in [3.05, 3.63) is 45.7 Å². The summed E-state index contributed by atoms with van der Waals surface area (Å²) in [5.41, 5.74) is 0.545. The number of hydrogen-bond acceptors (Lipinski definition) is 6. The number of amides is 1. The van der Waals surface area contributed by atoms with Gasteiger partial charge in [0.25, 0.3) is 15.9 Å². The molecule has 10 heteroatoms. The van der Waals surface area contributed by atoms with E-state index in [-0.39, 0.29) is 28.3 Å². The van der Waals surface area contributed by atoms with Crippen LogP contribution in [0.1, 0.15) is 23.2 Å². The zero-order chi connectivity index (χ0) is 18.7. The number of rotatable bonds is 7. The van der Waals surface area contributed by atoms with Crippen molar-refractivity contribution in [3.8, 4) is 0 Å².